The van der Waals surface area contributed by atoms with Crippen molar-refractivity contribution in [3.63, 3.8) is 0 Å². The summed E-state index contributed by atoms with van der Waals surface area (Å²) in [5, 5.41) is 0. The van der Waals surface area contributed by atoms with Crippen LogP contribution in [0.3, 0.4) is 0 Å². The Hall–Kier alpha value is 0.755. The van der Waals surface area contributed by atoms with Crippen molar-refractivity contribution < 1.29 is 0 Å². The molecule has 6 heteroatoms. The van der Waals surface area contributed by atoms with Gasteiger partial charge in [-0.2, -0.15) is 0 Å². The van der Waals surface area contributed by atoms with Gasteiger partial charge in [0.2, 0.25) is 0 Å². The van der Waals surface area contributed by atoms with E-state index in [4.69, 9.17) is 30.6 Å². The van der Waals surface area contributed by atoms with Crippen LogP contribution >= 0.6 is 7.56 Å². The molecule has 0 atom stereocenters. The molecule has 0 amide bonds. The minimum absolute atomic E-state index is 0.528. The molecule has 0 saturated carbocycles. The summed E-state index contributed by atoms with van der Waals surface area (Å²) in [4.78, 5) is 0. The summed E-state index contributed by atoms with van der Waals surface area (Å²) in [5.41, 5.74) is 0. The summed E-state index contributed by atoms with van der Waals surface area (Å²) in [7, 11) is 18.9. The number of hydrogen-bond acceptors (Lipinski definition) is 0. The molecule has 0 saturated heterocycles. The van der Waals surface area contributed by atoms with Gasteiger partial charge in [0, 0.05) is 15.5 Å². The molecule has 0 unspecified atom stereocenters. The lowest BCUT2D eigenvalue weighted by Gasteiger charge is -2.06. The molecule has 6 heavy (non-hydrogen) atoms. The molecule has 0 aliphatic rings. The maximum absolute atomic E-state index is 5.03. The van der Waals surface area contributed by atoms with Crippen LogP contribution in [0.1, 0.15) is 0 Å². The van der Waals surface area contributed by atoms with Gasteiger partial charge in [-0.15, -0.1) is 0 Å². The minimum Gasteiger partial charge on any atom is -0.248 e. The summed E-state index contributed by atoms with van der Waals surface area (Å²) in [6.45, 7) is 0. The van der Waals surface area contributed by atoms with Crippen molar-refractivity contribution in [3.8, 4) is 0 Å². The van der Waals surface area contributed by atoms with E-state index < -0.39 is 13.8 Å². The molecular formula is B5P. The largest absolute Gasteiger partial charge is 0.248 e. The van der Waals surface area contributed by atoms with Crippen molar-refractivity contribution in [1.82, 2.24) is 0 Å². The van der Waals surface area contributed by atoms with Gasteiger partial charge >= 0.3 is 0 Å². The van der Waals surface area contributed by atoms with Crippen LogP contribution in [0.25, 0.3) is 0 Å². The van der Waals surface area contributed by atoms with Crippen LogP contribution in [-0.4, -0.2) is 36.8 Å². The molecule has 0 fully saturated rings. The smallest absolute Gasteiger partial charge is 0.0820 e. The fourth-order valence-corrected chi connectivity index (χ4v) is 0. The highest BCUT2D eigenvalue weighted by Crippen LogP contribution is 2.20. The Morgan fingerprint density at radius 1 is 1.17 bits per heavy atom. The van der Waals surface area contributed by atoms with E-state index in [9.17, 15) is 0 Å². The predicted molar refractivity (Wildman–Crippen MR) is 35.7 cm³/mol. The zero-order valence-corrected chi connectivity index (χ0v) is 4.23. The van der Waals surface area contributed by atoms with Gasteiger partial charge in [0.05, 0.1) is 21.3 Å². The van der Waals surface area contributed by atoms with Gasteiger partial charge < -0.3 is 0 Å². The topological polar surface area (TPSA) is 0 Å². The van der Waals surface area contributed by atoms with E-state index in [0.717, 1.165) is 0 Å². The first-order chi connectivity index (χ1) is 2.64. The lowest BCUT2D eigenvalue weighted by atomic mass is 9.37. The van der Waals surface area contributed by atoms with Crippen LogP contribution in [0.5, 0.6) is 0 Å². The molecule has 20 valence electrons. The van der Waals surface area contributed by atoms with Crippen molar-refractivity contribution in [1.29, 1.82) is 0 Å². The van der Waals surface area contributed by atoms with Crippen LogP contribution in [0, 0.1) is 0 Å². The van der Waals surface area contributed by atoms with Crippen LogP contribution in [0.2, 0.25) is 0 Å². The second kappa shape index (κ2) is 2.85. The maximum Gasteiger partial charge on any atom is 0.0820 e. The molecule has 0 aromatic rings. The van der Waals surface area contributed by atoms with Gasteiger partial charge in [0.15, 0.2) is 0 Å². The Labute approximate surface area is 45.1 Å². The third-order valence-electron chi connectivity index (χ3n) is 0.344. The van der Waals surface area contributed by atoms with E-state index >= 15 is 0 Å². The Bertz CT molecular complexity index is 24.9. The first kappa shape index (κ1) is 6.75. The van der Waals surface area contributed by atoms with Crippen LogP contribution in [0.15, 0.2) is 0 Å². The van der Waals surface area contributed by atoms with Gasteiger partial charge in [-0.05, 0) is 0 Å². The first-order valence-corrected chi connectivity index (χ1v) is 2.99. The fraction of sp³-hybridized carbons (Fsp3) is 0. The highest BCUT2D eigenvalue weighted by atomic mass is 31.1. The van der Waals surface area contributed by atoms with Crippen molar-refractivity contribution in [2.75, 3.05) is 0 Å². The second-order valence-electron chi connectivity index (χ2n) is 0.938. The Morgan fingerprint density at radius 3 is 1.33 bits per heavy atom. The second-order valence-corrected chi connectivity index (χ2v) is 2.43. The lowest BCUT2D eigenvalue weighted by Crippen LogP contribution is -2.10. The highest BCUT2D eigenvalue weighted by Gasteiger charge is 1.96. The van der Waals surface area contributed by atoms with Gasteiger partial charge in [-0.3, -0.25) is 0 Å². The van der Waals surface area contributed by atoms with Crippen LogP contribution in [0.4, 0.5) is 0 Å². The molecule has 0 aromatic carbocycles. The normalized spacial score (nSPS) is 8.83. The summed E-state index contributed by atoms with van der Waals surface area (Å²) in [5.74, 6) is 0. The van der Waals surface area contributed by atoms with Crippen molar-refractivity contribution >= 4 is 44.4 Å². The zero-order chi connectivity index (χ0) is 5.15. The Kier molecular flexibility index (Phi) is 3.21. The highest BCUT2D eigenvalue weighted by molar-refractivity contribution is 8.29. The molecule has 0 rings (SSSR count). The Balaban J connectivity index is 2.99. The third-order valence-corrected chi connectivity index (χ3v) is 1.03. The minimum atomic E-state index is -1.10. The SMILES string of the molecule is [B]B([B])P([B])[B]. The monoisotopic (exact) mass is 86.0 g/mol. The molecule has 0 bridgehead atoms. The summed E-state index contributed by atoms with van der Waals surface area (Å²) in [6.07, 6.45) is -0.528. The van der Waals surface area contributed by atoms with Crippen molar-refractivity contribution in [3.05, 3.63) is 0 Å². The van der Waals surface area contributed by atoms with E-state index in [0.29, 0.717) is 0 Å². The lowest BCUT2D eigenvalue weighted by molar-refractivity contribution is 4.02. The number of rotatable bonds is 1. The van der Waals surface area contributed by atoms with Gasteiger partial charge in [-0.1, -0.05) is 0 Å². The third kappa shape index (κ3) is 2.96. The van der Waals surface area contributed by atoms with Gasteiger partial charge in [0.25, 0.3) is 0 Å². The van der Waals surface area contributed by atoms with Crippen molar-refractivity contribution in [2.45, 2.75) is 0 Å². The quantitative estimate of drug-likeness (QED) is 0.282. The first-order valence-electron chi connectivity index (χ1n) is 1.44. The molecule has 0 aromatic heterocycles. The molecule has 0 aliphatic carbocycles. The van der Waals surface area contributed by atoms with E-state index in [1.54, 1.807) is 0 Å². The zero-order valence-electron chi connectivity index (χ0n) is 3.33. The molecule has 0 N–H and O–H groups in total. The maximum atomic E-state index is 5.03. The summed E-state index contributed by atoms with van der Waals surface area (Å²) < 4.78 is 0. The number of hydrogen-bond donors (Lipinski definition) is 0. The van der Waals surface area contributed by atoms with E-state index in [2.05, 4.69) is 0 Å². The standard InChI is InChI=1S/B5P/c1-5(2)6(3)4. The van der Waals surface area contributed by atoms with E-state index in [1.165, 1.54) is 0 Å². The predicted octanol–water partition coefficient (Wildman–Crippen LogP) is -1.04. The fourth-order valence-electron chi connectivity index (χ4n) is 0. The van der Waals surface area contributed by atoms with Crippen LogP contribution < -0.4 is 0 Å². The van der Waals surface area contributed by atoms with Crippen molar-refractivity contribution in [2.24, 2.45) is 0 Å². The average molecular weight is 85.0 g/mol. The molecule has 0 aliphatic heterocycles. The van der Waals surface area contributed by atoms with E-state index in [-0.39, 0.29) is 0 Å². The van der Waals surface area contributed by atoms with Crippen LogP contribution in [-0.2, 0) is 0 Å². The van der Waals surface area contributed by atoms with E-state index in [1.807, 2.05) is 0 Å². The van der Waals surface area contributed by atoms with Gasteiger partial charge in [0.1, 0.15) is 0 Å². The Morgan fingerprint density at radius 2 is 1.33 bits per heavy atom. The van der Waals surface area contributed by atoms with Gasteiger partial charge in [-0.25, -0.2) is 7.56 Å². The molecular weight excluding hydrogens is 85.0 g/mol. The molecule has 0 nitrogen and oxygen atoms in total. The average Bonchev–Trinajstić information content (AvgIpc) is 1.36. The molecule has 8 radical (unpaired) electrons. The summed E-state index contributed by atoms with van der Waals surface area (Å²) >= 11 is 0. The molecule has 0 spiro atoms. The summed E-state index contributed by atoms with van der Waals surface area (Å²) in [6, 6.07) is 0. The molecule has 0 heterocycles.